The molecule has 1 rings (SSSR count). The van der Waals surface area contributed by atoms with Crippen LogP contribution >= 0.6 is 11.3 Å². The van der Waals surface area contributed by atoms with Crippen molar-refractivity contribution in [1.82, 2.24) is 10.3 Å². The van der Waals surface area contributed by atoms with Gasteiger partial charge in [0.2, 0.25) is 0 Å². The lowest BCUT2D eigenvalue weighted by Crippen LogP contribution is -2.23. The Balaban J connectivity index is 2.61. The van der Waals surface area contributed by atoms with E-state index in [0.29, 0.717) is 5.69 Å². The first-order valence-electron chi connectivity index (χ1n) is 3.38. The van der Waals surface area contributed by atoms with Crippen LogP contribution < -0.4 is 5.32 Å². The number of hydrogen-bond donors (Lipinski definition) is 1. The van der Waals surface area contributed by atoms with Crippen molar-refractivity contribution in [2.75, 3.05) is 6.54 Å². The quantitative estimate of drug-likeness (QED) is 0.684. The van der Waals surface area contributed by atoms with Gasteiger partial charge in [0.1, 0.15) is 5.69 Å². The van der Waals surface area contributed by atoms with Crippen molar-refractivity contribution in [3.63, 3.8) is 0 Å². The summed E-state index contributed by atoms with van der Waals surface area (Å²) >= 11 is 1.44. The largest absolute Gasteiger partial charge is 0.340 e. The number of hydrogen-bond acceptors (Lipinski definition) is 3. The van der Waals surface area contributed by atoms with Gasteiger partial charge in [-0.15, -0.1) is 17.8 Å². The van der Waals surface area contributed by atoms with Crippen molar-refractivity contribution in [2.24, 2.45) is 0 Å². The van der Waals surface area contributed by atoms with E-state index in [1.54, 1.807) is 5.38 Å². The fourth-order valence-corrected chi connectivity index (χ4v) is 1.28. The van der Waals surface area contributed by atoms with Crippen LogP contribution in [0.5, 0.6) is 0 Å². The summed E-state index contributed by atoms with van der Waals surface area (Å²) in [6, 6.07) is 0. The highest BCUT2D eigenvalue weighted by Gasteiger charge is 2.06. The summed E-state index contributed by atoms with van der Waals surface area (Å²) in [5, 5.41) is 5.12. The van der Waals surface area contributed by atoms with E-state index in [9.17, 15) is 4.79 Å². The number of aryl methyl sites for hydroxylation is 1. The second-order valence-electron chi connectivity index (χ2n) is 2.14. The van der Waals surface area contributed by atoms with Gasteiger partial charge in [-0.2, -0.15) is 0 Å². The van der Waals surface area contributed by atoms with E-state index >= 15 is 0 Å². The highest BCUT2D eigenvalue weighted by atomic mass is 32.1. The number of thiazole rings is 1. The molecule has 1 heterocycles. The minimum atomic E-state index is -0.211. The lowest BCUT2D eigenvalue weighted by molar-refractivity contribution is 0.0954. The Morgan fingerprint density at radius 1 is 1.92 bits per heavy atom. The zero-order chi connectivity index (χ0) is 8.97. The molecule has 3 nitrogen and oxygen atoms in total. The van der Waals surface area contributed by atoms with Crippen molar-refractivity contribution in [1.29, 1.82) is 0 Å². The van der Waals surface area contributed by atoms with E-state index < -0.39 is 0 Å². The Bertz CT molecular complexity index is 324. The predicted molar refractivity (Wildman–Crippen MR) is 48.0 cm³/mol. The molecule has 0 saturated heterocycles. The topological polar surface area (TPSA) is 42.0 Å². The predicted octanol–water partition coefficient (Wildman–Crippen LogP) is 0.815. The zero-order valence-corrected chi connectivity index (χ0v) is 7.44. The van der Waals surface area contributed by atoms with Crippen LogP contribution in [0.2, 0.25) is 0 Å². The molecule has 0 aromatic carbocycles. The Hall–Kier alpha value is -1.34. The van der Waals surface area contributed by atoms with E-state index in [-0.39, 0.29) is 12.5 Å². The lowest BCUT2D eigenvalue weighted by atomic mass is 10.4. The molecule has 0 fully saturated rings. The van der Waals surface area contributed by atoms with Crippen LogP contribution in [0.4, 0.5) is 0 Å². The summed E-state index contributed by atoms with van der Waals surface area (Å²) in [4.78, 5) is 15.2. The number of amides is 1. The van der Waals surface area contributed by atoms with Gasteiger partial charge in [-0.25, -0.2) is 4.98 Å². The number of carbonyl (C=O) groups excluding carboxylic acids is 1. The molecule has 1 N–H and O–H groups in total. The summed E-state index contributed by atoms with van der Waals surface area (Å²) in [5.74, 6) is 2.11. The summed E-state index contributed by atoms with van der Waals surface area (Å²) in [7, 11) is 0. The third-order valence-electron chi connectivity index (χ3n) is 1.20. The van der Waals surface area contributed by atoms with Gasteiger partial charge in [-0.1, -0.05) is 5.92 Å². The van der Waals surface area contributed by atoms with E-state index in [1.165, 1.54) is 11.3 Å². The molecule has 0 radical (unpaired) electrons. The zero-order valence-electron chi connectivity index (χ0n) is 6.63. The van der Waals surface area contributed by atoms with Gasteiger partial charge in [-0.3, -0.25) is 4.79 Å². The van der Waals surface area contributed by atoms with Crippen LogP contribution in [0.25, 0.3) is 0 Å². The van der Waals surface area contributed by atoms with Crippen LogP contribution in [0, 0.1) is 19.3 Å². The molecule has 0 saturated carbocycles. The molecule has 62 valence electrons. The Morgan fingerprint density at radius 3 is 3.17 bits per heavy atom. The molecular formula is C8H8N2OS. The Kier molecular flexibility index (Phi) is 2.83. The molecular weight excluding hydrogens is 172 g/mol. The number of aromatic nitrogens is 1. The fourth-order valence-electron chi connectivity index (χ4n) is 0.690. The minimum Gasteiger partial charge on any atom is -0.340 e. The summed E-state index contributed by atoms with van der Waals surface area (Å²) in [6.45, 7) is 2.10. The molecule has 1 aromatic heterocycles. The van der Waals surface area contributed by atoms with Crippen LogP contribution in [0.15, 0.2) is 5.38 Å². The summed E-state index contributed by atoms with van der Waals surface area (Å²) < 4.78 is 0. The molecule has 12 heavy (non-hydrogen) atoms. The molecule has 1 aromatic rings. The monoisotopic (exact) mass is 180 g/mol. The van der Waals surface area contributed by atoms with Crippen LogP contribution in [0.3, 0.4) is 0 Å². The second kappa shape index (κ2) is 3.88. The molecule has 0 aliphatic carbocycles. The maximum Gasteiger partial charge on any atom is 0.271 e. The van der Waals surface area contributed by atoms with Gasteiger partial charge in [0.15, 0.2) is 0 Å². The molecule has 1 amide bonds. The highest BCUT2D eigenvalue weighted by molar-refractivity contribution is 7.09. The smallest absolute Gasteiger partial charge is 0.271 e. The van der Waals surface area contributed by atoms with Gasteiger partial charge in [0.25, 0.3) is 5.91 Å². The first kappa shape index (κ1) is 8.75. The summed E-state index contributed by atoms with van der Waals surface area (Å²) in [6.07, 6.45) is 4.98. The van der Waals surface area contributed by atoms with Crippen LogP contribution in [-0.2, 0) is 0 Å². The lowest BCUT2D eigenvalue weighted by Gasteiger charge is -1.95. The van der Waals surface area contributed by atoms with E-state index in [1.807, 2.05) is 6.92 Å². The van der Waals surface area contributed by atoms with Crippen LogP contribution in [-0.4, -0.2) is 17.4 Å². The molecule has 0 spiro atoms. The SMILES string of the molecule is C#CCNC(=O)c1csc(C)n1. The van der Waals surface area contributed by atoms with Crippen molar-refractivity contribution in [2.45, 2.75) is 6.92 Å². The van der Waals surface area contributed by atoms with E-state index in [2.05, 4.69) is 16.2 Å². The molecule has 0 atom stereocenters. The van der Waals surface area contributed by atoms with Crippen molar-refractivity contribution in [3.05, 3.63) is 16.1 Å². The Morgan fingerprint density at radius 2 is 2.67 bits per heavy atom. The normalized spacial score (nSPS) is 9.00. The first-order valence-corrected chi connectivity index (χ1v) is 4.26. The van der Waals surface area contributed by atoms with Gasteiger partial charge >= 0.3 is 0 Å². The van der Waals surface area contributed by atoms with Crippen LogP contribution in [0.1, 0.15) is 15.5 Å². The molecule has 0 aliphatic rings. The van der Waals surface area contributed by atoms with E-state index in [4.69, 9.17) is 6.42 Å². The maximum atomic E-state index is 11.2. The van der Waals surface area contributed by atoms with Gasteiger partial charge < -0.3 is 5.32 Å². The summed E-state index contributed by atoms with van der Waals surface area (Å²) in [5.41, 5.74) is 0.438. The van der Waals surface area contributed by atoms with Crippen molar-refractivity contribution < 1.29 is 4.79 Å². The van der Waals surface area contributed by atoms with Gasteiger partial charge in [0.05, 0.1) is 11.6 Å². The standard InChI is InChI=1S/C8H8N2OS/c1-3-4-9-8(11)7-5-12-6(2)10-7/h1,5H,4H2,2H3,(H,9,11). The van der Waals surface area contributed by atoms with E-state index in [0.717, 1.165) is 5.01 Å². The average molecular weight is 180 g/mol. The maximum absolute atomic E-state index is 11.2. The Labute approximate surface area is 74.8 Å². The number of terminal acetylenes is 1. The molecule has 0 aliphatic heterocycles. The van der Waals surface area contributed by atoms with Crippen molar-refractivity contribution >= 4 is 17.2 Å². The number of rotatable bonds is 2. The van der Waals surface area contributed by atoms with Gasteiger partial charge in [-0.05, 0) is 6.92 Å². The highest BCUT2D eigenvalue weighted by Crippen LogP contribution is 2.06. The second-order valence-corrected chi connectivity index (χ2v) is 3.20. The number of nitrogens with one attached hydrogen (secondary N) is 1. The van der Waals surface area contributed by atoms with Gasteiger partial charge in [0, 0.05) is 5.38 Å². The molecule has 4 heteroatoms. The minimum absolute atomic E-state index is 0.211. The first-order chi connectivity index (χ1) is 5.74. The molecule has 0 bridgehead atoms. The average Bonchev–Trinajstić information content (AvgIpc) is 2.47. The third-order valence-corrected chi connectivity index (χ3v) is 1.98. The fraction of sp³-hybridized carbons (Fsp3) is 0.250. The number of carbonyl (C=O) groups is 1. The third kappa shape index (κ3) is 2.07. The number of nitrogens with zero attached hydrogens (tertiary/aromatic N) is 1. The molecule has 0 unspecified atom stereocenters. The van der Waals surface area contributed by atoms with Crippen molar-refractivity contribution in [3.8, 4) is 12.3 Å².